The third kappa shape index (κ3) is 4.00. The Labute approximate surface area is 155 Å². The number of aromatic nitrogens is 1. The molecule has 0 radical (unpaired) electrons. The lowest BCUT2D eigenvalue weighted by Gasteiger charge is -2.12. The van der Waals surface area contributed by atoms with Crippen LogP contribution in [0.5, 0.6) is 5.88 Å². The molecule has 0 fully saturated rings. The van der Waals surface area contributed by atoms with E-state index in [9.17, 15) is 25.3 Å². The van der Waals surface area contributed by atoms with Crippen LogP contribution in [-0.2, 0) is 6.54 Å². The van der Waals surface area contributed by atoms with E-state index in [0.29, 0.717) is 12.0 Å². The zero-order valence-corrected chi connectivity index (χ0v) is 15.3. The van der Waals surface area contributed by atoms with Gasteiger partial charge in [0.05, 0.1) is 10.6 Å². The van der Waals surface area contributed by atoms with E-state index in [2.05, 4.69) is 10.2 Å². The van der Waals surface area contributed by atoms with Crippen LogP contribution in [0.4, 0.5) is 17.1 Å². The molecule has 0 atom stereocenters. The summed E-state index contributed by atoms with van der Waals surface area (Å²) >= 11 is 0. The highest BCUT2D eigenvalue weighted by Crippen LogP contribution is 2.29. The van der Waals surface area contributed by atoms with Gasteiger partial charge >= 0.3 is 0 Å². The van der Waals surface area contributed by atoms with Crippen molar-refractivity contribution < 1.29 is 10.0 Å². The highest BCUT2D eigenvalue weighted by Gasteiger charge is 2.19. The van der Waals surface area contributed by atoms with Crippen molar-refractivity contribution in [3.8, 4) is 11.9 Å². The van der Waals surface area contributed by atoms with Gasteiger partial charge in [-0.15, -0.1) is 5.11 Å². The number of nitro benzene ring substituents is 1. The Kier molecular flexibility index (Phi) is 6.03. The largest absolute Gasteiger partial charge is 0.493 e. The van der Waals surface area contributed by atoms with Gasteiger partial charge in [-0.2, -0.15) is 10.4 Å². The highest BCUT2D eigenvalue weighted by molar-refractivity contribution is 5.57. The minimum atomic E-state index is -0.567. The molecule has 1 heterocycles. The topological polar surface area (TPSA) is 134 Å². The van der Waals surface area contributed by atoms with E-state index in [1.54, 1.807) is 13.0 Å². The van der Waals surface area contributed by atoms with Crippen LogP contribution in [0, 0.1) is 35.3 Å². The summed E-state index contributed by atoms with van der Waals surface area (Å²) in [5, 5.41) is 38.4. The Morgan fingerprint density at radius 2 is 2.04 bits per heavy atom. The zero-order chi connectivity index (χ0) is 20.1. The summed E-state index contributed by atoms with van der Waals surface area (Å²) in [5.41, 5.74) is 0.0948. The average molecular weight is 369 g/mol. The maximum absolute atomic E-state index is 12.7. The van der Waals surface area contributed by atoms with Crippen LogP contribution in [0.15, 0.2) is 33.2 Å². The molecule has 9 heteroatoms. The summed E-state index contributed by atoms with van der Waals surface area (Å²) in [5.74, 6) is -0.390. The van der Waals surface area contributed by atoms with Crippen LogP contribution < -0.4 is 5.56 Å². The summed E-state index contributed by atoms with van der Waals surface area (Å²) in [6.07, 6.45) is 1.44. The van der Waals surface area contributed by atoms with Crippen molar-refractivity contribution >= 4 is 17.1 Å². The van der Waals surface area contributed by atoms with E-state index in [0.717, 1.165) is 11.0 Å². The van der Waals surface area contributed by atoms with Crippen LogP contribution in [-0.4, -0.2) is 14.6 Å². The van der Waals surface area contributed by atoms with Crippen molar-refractivity contribution in [3.63, 3.8) is 0 Å². The van der Waals surface area contributed by atoms with Crippen molar-refractivity contribution in [2.24, 2.45) is 10.2 Å². The summed E-state index contributed by atoms with van der Waals surface area (Å²) in [6.45, 7) is 5.28. The average Bonchev–Trinajstić information content (AvgIpc) is 2.63. The molecule has 0 aliphatic carbocycles. The first-order valence-electron chi connectivity index (χ1n) is 8.35. The van der Waals surface area contributed by atoms with Gasteiger partial charge < -0.3 is 5.11 Å². The first kappa shape index (κ1) is 19.8. The number of aromatic hydroxyl groups is 1. The minimum Gasteiger partial charge on any atom is -0.493 e. The fourth-order valence-corrected chi connectivity index (χ4v) is 2.55. The Balaban J connectivity index is 2.57. The van der Waals surface area contributed by atoms with Crippen molar-refractivity contribution in [3.05, 3.63) is 55.4 Å². The maximum Gasteiger partial charge on any atom is 0.281 e. The standard InChI is InChI=1S/C18H19N5O4/c1-4-5-8-22-17(24)14(10-19)12(3)16(18(22)25)21-20-13-7-6-11(2)15(9-13)23(26)27/h6-7,9,24H,4-5,8H2,1-3H3. The molecule has 0 aliphatic heterocycles. The predicted octanol–water partition coefficient (Wildman–Crippen LogP) is 4.17. The van der Waals surface area contributed by atoms with E-state index in [1.807, 2.05) is 13.0 Å². The molecule has 2 rings (SSSR count). The lowest BCUT2D eigenvalue weighted by atomic mass is 10.1. The summed E-state index contributed by atoms with van der Waals surface area (Å²) < 4.78 is 1.10. The molecule has 0 bridgehead atoms. The summed E-state index contributed by atoms with van der Waals surface area (Å²) in [7, 11) is 0. The number of azo groups is 1. The van der Waals surface area contributed by atoms with E-state index in [4.69, 9.17) is 0 Å². The molecule has 9 nitrogen and oxygen atoms in total. The third-order valence-electron chi connectivity index (χ3n) is 4.16. The van der Waals surface area contributed by atoms with E-state index >= 15 is 0 Å². The molecule has 0 saturated heterocycles. The minimum absolute atomic E-state index is 0.0467. The smallest absolute Gasteiger partial charge is 0.281 e. The Hall–Kier alpha value is -3.54. The van der Waals surface area contributed by atoms with Crippen LogP contribution in [0.25, 0.3) is 0 Å². The second-order valence-corrected chi connectivity index (χ2v) is 6.02. The molecule has 0 spiro atoms. The van der Waals surface area contributed by atoms with Crippen molar-refractivity contribution in [1.82, 2.24) is 4.57 Å². The van der Waals surface area contributed by atoms with Crippen molar-refractivity contribution in [2.45, 2.75) is 40.2 Å². The second-order valence-electron chi connectivity index (χ2n) is 6.02. The molecule has 0 saturated carbocycles. The van der Waals surface area contributed by atoms with Gasteiger partial charge in [-0.05, 0) is 26.3 Å². The summed E-state index contributed by atoms with van der Waals surface area (Å²) in [6, 6.07) is 6.22. The molecular weight excluding hydrogens is 350 g/mol. The first-order chi connectivity index (χ1) is 12.8. The first-order valence-corrected chi connectivity index (χ1v) is 8.35. The van der Waals surface area contributed by atoms with Gasteiger partial charge in [-0.3, -0.25) is 19.5 Å². The number of nitriles is 1. The molecule has 1 N–H and O–H groups in total. The van der Waals surface area contributed by atoms with Gasteiger partial charge in [0, 0.05) is 23.7 Å². The molecular formula is C18H19N5O4. The van der Waals surface area contributed by atoms with E-state index in [1.165, 1.54) is 19.1 Å². The number of hydrogen-bond acceptors (Lipinski definition) is 7. The maximum atomic E-state index is 12.7. The second kappa shape index (κ2) is 8.23. The Morgan fingerprint density at radius 3 is 2.63 bits per heavy atom. The third-order valence-corrected chi connectivity index (χ3v) is 4.16. The summed E-state index contributed by atoms with van der Waals surface area (Å²) in [4.78, 5) is 23.2. The number of unbranched alkanes of at least 4 members (excludes halogenated alkanes) is 1. The number of nitrogens with zero attached hydrogens (tertiary/aromatic N) is 5. The lowest BCUT2D eigenvalue weighted by molar-refractivity contribution is -0.385. The Morgan fingerprint density at radius 1 is 1.33 bits per heavy atom. The fourth-order valence-electron chi connectivity index (χ4n) is 2.55. The highest BCUT2D eigenvalue weighted by atomic mass is 16.6. The number of benzene rings is 1. The molecule has 27 heavy (non-hydrogen) atoms. The van der Waals surface area contributed by atoms with Crippen LogP contribution in [0.3, 0.4) is 0 Å². The molecule has 0 amide bonds. The fraction of sp³-hybridized carbons (Fsp3) is 0.333. The number of nitro groups is 1. The predicted molar refractivity (Wildman–Crippen MR) is 98.7 cm³/mol. The number of rotatable bonds is 6. The molecule has 1 aromatic carbocycles. The molecule has 0 aliphatic rings. The van der Waals surface area contributed by atoms with Gasteiger partial charge in [-0.25, -0.2) is 0 Å². The van der Waals surface area contributed by atoms with Crippen molar-refractivity contribution in [1.29, 1.82) is 5.26 Å². The normalized spacial score (nSPS) is 10.9. The molecule has 2 aromatic rings. The lowest BCUT2D eigenvalue weighted by Crippen LogP contribution is -2.22. The molecule has 1 aromatic heterocycles. The van der Waals surface area contributed by atoms with Gasteiger partial charge in [-0.1, -0.05) is 19.4 Å². The van der Waals surface area contributed by atoms with Crippen LogP contribution in [0.1, 0.15) is 36.5 Å². The zero-order valence-electron chi connectivity index (χ0n) is 15.3. The van der Waals surface area contributed by atoms with E-state index < -0.39 is 16.4 Å². The Bertz CT molecular complexity index is 1020. The van der Waals surface area contributed by atoms with Crippen LogP contribution >= 0.6 is 0 Å². The molecule has 0 unspecified atom stereocenters. The number of pyridine rings is 1. The van der Waals surface area contributed by atoms with Gasteiger partial charge in [0.15, 0.2) is 5.69 Å². The van der Waals surface area contributed by atoms with Crippen LogP contribution in [0.2, 0.25) is 0 Å². The molecule has 140 valence electrons. The van der Waals surface area contributed by atoms with Gasteiger partial charge in [0.1, 0.15) is 11.6 Å². The monoisotopic (exact) mass is 369 g/mol. The van der Waals surface area contributed by atoms with Crippen molar-refractivity contribution in [2.75, 3.05) is 0 Å². The number of hydrogen-bond donors (Lipinski definition) is 1. The van der Waals surface area contributed by atoms with E-state index in [-0.39, 0.29) is 34.7 Å². The van der Waals surface area contributed by atoms with Gasteiger partial charge in [0.25, 0.3) is 11.2 Å². The van der Waals surface area contributed by atoms with Gasteiger partial charge in [0.2, 0.25) is 5.88 Å². The SMILES string of the molecule is CCCCn1c(O)c(C#N)c(C)c(N=Nc2ccc(C)c([N+](=O)[O-])c2)c1=O. The number of aryl methyl sites for hydroxylation is 1. The quantitative estimate of drug-likeness (QED) is 0.463.